The van der Waals surface area contributed by atoms with E-state index in [1.807, 2.05) is 0 Å². The highest BCUT2D eigenvalue weighted by atomic mass is 35.5. The number of carbonyl (C=O) groups is 2. The lowest BCUT2D eigenvalue weighted by Crippen LogP contribution is -2.38. The fraction of sp³-hybridized carbons (Fsp3) is 0.381. The van der Waals surface area contributed by atoms with Gasteiger partial charge in [-0.25, -0.2) is 4.98 Å². The summed E-state index contributed by atoms with van der Waals surface area (Å²) in [5.74, 6) is -0.00640. The van der Waals surface area contributed by atoms with Crippen molar-refractivity contribution in [1.29, 1.82) is 0 Å². The van der Waals surface area contributed by atoms with Crippen molar-refractivity contribution in [1.82, 2.24) is 4.98 Å². The Morgan fingerprint density at radius 2 is 1.88 bits per heavy atom. The predicted molar refractivity (Wildman–Crippen MR) is 115 cm³/mol. The lowest BCUT2D eigenvalue weighted by atomic mass is 9.95. The molecule has 3 rings (SSSR count). The first kappa shape index (κ1) is 23.6. The molecule has 32 heavy (non-hydrogen) atoms. The van der Waals surface area contributed by atoms with Crippen molar-refractivity contribution in [3.05, 3.63) is 41.0 Å². The Labute approximate surface area is 187 Å². The van der Waals surface area contributed by atoms with Crippen molar-refractivity contribution < 1.29 is 27.5 Å². The van der Waals surface area contributed by atoms with E-state index in [0.717, 1.165) is 12.3 Å². The van der Waals surface area contributed by atoms with Gasteiger partial charge in [0.15, 0.2) is 0 Å². The maximum absolute atomic E-state index is 12.8. The second-order valence-corrected chi connectivity index (χ2v) is 7.78. The molecule has 1 aliphatic rings. The summed E-state index contributed by atoms with van der Waals surface area (Å²) in [6, 6.07) is 5.77. The molecule has 1 aromatic carbocycles. The Hall–Kier alpha value is -3.01. The van der Waals surface area contributed by atoms with Gasteiger partial charge in [-0.3, -0.25) is 9.59 Å². The summed E-state index contributed by atoms with van der Waals surface area (Å²) in [7, 11) is 1.46. The number of nitrogens with zero attached hydrogens (tertiary/aromatic N) is 2. The van der Waals surface area contributed by atoms with Gasteiger partial charge in [0.25, 0.3) is 0 Å². The smallest absolute Gasteiger partial charge is 0.417 e. The van der Waals surface area contributed by atoms with Crippen LogP contribution in [0.2, 0.25) is 5.02 Å². The van der Waals surface area contributed by atoms with E-state index in [1.54, 1.807) is 23.1 Å². The third-order valence-electron chi connectivity index (χ3n) is 5.09. The molecule has 1 saturated heterocycles. The number of methoxy groups -OCH3 is 1. The first-order valence-corrected chi connectivity index (χ1v) is 10.2. The molecule has 7 nitrogen and oxygen atoms in total. The minimum absolute atomic E-state index is 0.0749. The van der Waals surface area contributed by atoms with Gasteiger partial charge in [-0.2, -0.15) is 13.2 Å². The monoisotopic (exact) mass is 470 g/mol. The van der Waals surface area contributed by atoms with Crippen molar-refractivity contribution in [3.63, 3.8) is 0 Å². The van der Waals surface area contributed by atoms with Crippen LogP contribution in [0.3, 0.4) is 0 Å². The zero-order chi connectivity index (χ0) is 23.5. The van der Waals surface area contributed by atoms with Gasteiger partial charge in [0.2, 0.25) is 11.8 Å². The SMILES string of the molecule is COc1cc(NC(=O)C2CCN(c3ncc(C(F)(F)F)cc3Cl)CC2)ccc1NC(C)=O. The molecule has 2 heterocycles. The van der Waals surface area contributed by atoms with Crippen molar-refractivity contribution in [2.75, 3.05) is 35.7 Å². The van der Waals surface area contributed by atoms with E-state index in [4.69, 9.17) is 16.3 Å². The standard InChI is InChI=1S/C21H22ClF3N4O3/c1-12(30)27-17-4-3-15(10-18(17)32-2)28-20(31)13-5-7-29(8-6-13)19-16(22)9-14(11-26-19)21(23,24)25/h3-4,9-11,13H,5-8H2,1-2H3,(H,27,30)(H,28,31). The molecule has 2 N–H and O–H groups in total. The fourth-order valence-corrected chi connectivity index (χ4v) is 3.76. The van der Waals surface area contributed by atoms with Crippen molar-refractivity contribution in [2.45, 2.75) is 25.9 Å². The molecule has 1 fully saturated rings. The Morgan fingerprint density at radius 1 is 1.19 bits per heavy atom. The largest absolute Gasteiger partial charge is 0.494 e. The molecule has 0 spiro atoms. The summed E-state index contributed by atoms with van der Waals surface area (Å²) in [6.07, 6.45) is -2.76. The molecule has 172 valence electrons. The Kier molecular flexibility index (Phi) is 7.12. The molecule has 0 radical (unpaired) electrons. The predicted octanol–water partition coefficient (Wildman–Crippen LogP) is 4.58. The second kappa shape index (κ2) is 9.64. The molecule has 2 aromatic rings. The fourth-order valence-electron chi connectivity index (χ4n) is 3.48. The molecular formula is C21H22ClF3N4O3. The minimum atomic E-state index is -4.51. The van der Waals surface area contributed by atoms with Gasteiger partial charge in [0.1, 0.15) is 11.6 Å². The molecular weight excluding hydrogens is 449 g/mol. The Balaban J connectivity index is 1.61. The molecule has 0 saturated carbocycles. The van der Waals surface area contributed by atoms with Crippen LogP contribution >= 0.6 is 11.6 Å². The van der Waals surface area contributed by atoms with Gasteiger partial charge in [-0.1, -0.05) is 11.6 Å². The van der Waals surface area contributed by atoms with Gasteiger partial charge in [0, 0.05) is 43.9 Å². The first-order chi connectivity index (χ1) is 15.1. The Morgan fingerprint density at radius 3 is 2.44 bits per heavy atom. The number of halogens is 4. The summed E-state index contributed by atoms with van der Waals surface area (Å²) < 4.78 is 43.7. The van der Waals surface area contributed by atoms with Crippen LogP contribution in [0.25, 0.3) is 0 Å². The highest BCUT2D eigenvalue weighted by molar-refractivity contribution is 6.33. The molecule has 2 amide bonds. The Bertz CT molecular complexity index is 1010. The molecule has 1 aliphatic heterocycles. The van der Waals surface area contributed by atoms with E-state index >= 15 is 0 Å². The highest BCUT2D eigenvalue weighted by Gasteiger charge is 2.33. The van der Waals surface area contributed by atoms with E-state index in [2.05, 4.69) is 15.6 Å². The number of pyridine rings is 1. The van der Waals surface area contributed by atoms with E-state index in [0.29, 0.717) is 43.1 Å². The van der Waals surface area contributed by atoms with Gasteiger partial charge >= 0.3 is 6.18 Å². The van der Waals surface area contributed by atoms with Crippen LogP contribution in [0.5, 0.6) is 5.75 Å². The number of anilines is 3. The lowest BCUT2D eigenvalue weighted by molar-refractivity contribution is -0.137. The molecule has 11 heteroatoms. The van der Waals surface area contributed by atoms with Crippen LogP contribution in [-0.4, -0.2) is 37.0 Å². The topological polar surface area (TPSA) is 83.6 Å². The van der Waals surface area contributed by atoms with Crippen molar-refractivity contribution in [3.8, 4) is 5.75 Å². The maximum atomic E-state index is 12.8. The van der Waals surface area contributed by atoms with Crippen LogP contribution in [0.1, 0.15) is 25.3 Å². The third kappa shape index (κ3) is 5.61. The average molecular weight is 471 g/mol. The number of aromatic nitrogens is 1. The molecule has 1 aromatic heterocycles. The molecule has 0 aliphatic carbocycles. The van der Waals surface area contributed by atoms with Gasteiger partial charge in [0.05, 0.1) is 23.4 Å². The third-order valence-corrected chi connectivity index (χ3v) is 5.37. The maximum Gasteiger partial charge on any atom is 0.417 e. The van der Waals surface area contributed by atoms with E-state index in [9.17, 15) is 22.8 Å². The second-order valence-electron chi connectivity index (χ2n) is 7.37. The van der Waals surface area contributed by atoms with Crippen LogP contribution in [0.15, 0.2) is 30.5 Å². The van der Waals surface area contributed by atoms with Gasteiger partial charge < -0.3 is 20.3 Å². The zero-order valence-corrected chi connectivity index (χ0v) is 18.2. The van der Waals surface area contributed by atoms with Crippen molar-refractivity contribution >= 4 is 40.6 Å². The molecule has 0 atom stereocenters. The number of carbonyl (C=O) groups excluding carboxylic acids is 2. The number of amides is 2. The highest BCUT2D eigenvalue weighted by Crippen LogP contribution is 2.35. The van der Waals surface area contributed by atoms with E-state index < -0.39 is 11.7 Å². The number of ether oxygens (including phenoxy) is 1. The summed E-state index contributed by atoms with van der Waals surface area (Å²) in [5, 5.41) is 5.41. The summed E-state index contributed by atoms with van der Waals surface area (Å²) in [6.45, 7) is 2.25. The summed E-state index contributed by atoms with van der Waals surface area (Å²) >= 11 is 6.03. The number of rotatable bonds is 5. The van der Waals surface area contributed by atoms with Crippen LogP contribution in [-0.2, 0) is 15.8 Å². The number of nitrogens with one attached hydrogen (secondary N) is 2. The first-order valence-electron chi connectivity index (χ1n) is 9.82. The average Bonchev–Trinajstić information content (AvgIpc) is 2.74. The minimum Gasteiger partial charge on any atom is -0.494 e. The van der Waals surface area contributed by atoms with E-state index in [1.165, 1.54) is 14.0 Å². The van der Waals surface area contributed by atoms with Gasteiger partial charge in [-0.15, -0.1) is 0 Å². The number of hydrogen-bond acceptors (Lipinski definition) is 5. The normalized spacial score (nSPS) is 14.8. The molecule has 0 bridgehead atoms. The van der Waals surface area contributed by atoms with E-state index in [-0.39, 0.29) is 28.6 Å². The van der Waals surface area contributed by atoms with Crippen LogP contribution in [0, 0.1) is 5.92 Å². The molecule has 0 unspecified atom stereocenters. The van der Waals surface area contributed by atoms with Gasteiger partial charge in [-0.05, 0) is 31.0 Å². The van der Waals surface area contributed by atoms with Crippen LogP contribution < -0.4 is 20.3 Å². The quantitative estimate of drug-likeness (QED) is 0.668. The summed E-state index contributed by atoms with van der Waals surface area (Å²) in [5.41, 5.74) is 0.114. The number of alkyl halides is 3. The zero-order valence-electron chi connectivity index (χ0n) is 17.4. The number of piperidine rings is 1. The van der Waals surface area contributed by atoms with Crippen LogP contribution in [0.4, 0.5) is 30.4 Å². The van der Waals surface area contributed by atoms with Crippen molar-refractivity contribution in [2.24, 2.45) is 5.92 Å². The number of benzene rings is 1. The number of hydrogen-bond donors (Lipinski definition) is 2. The summed E-state index contributed by atoms with van der Waals surface area (Å²) in [4.78, 5) is 29.6. The lowest BCUT2D eigenvalue weighted by Gasteiger charge is -2.32.